The summed E-state index contributed by atoms with van der Waals surface area (Å²) in [7, 11) is 0. The Kier molecular flexibility index (Phi) is 5.72. The van der Waals surface area contributed by atoms with Gasteiger partial charge in [-0.25, -0.2) is 4.98 Å². The van der Waals surface area contributed by atoms with E-state index in [9.17, 15) is 0 Å². The third-order valence-corrected chi connectivity index (χ3v) is 5.48. The zero-order valence-corrected chi connectivity index (χ0v) is 17.7. The van der Waals surface area contributed by atoms with Crippen molar-refractivity contribution in [1.82, 2.24) is 4.98 Å². The molecule has 1 heterocycles. The molecule has 0 aliphatic rings. The molecular formula is C31H23N. The van der Waals surface area contributed by atoms with Crippen LogP contribution in [-0.2, 0) is 0 Å². The van der Waals surface area contributed by atoms with Gasteiger partial charge in [-0.3, -0.25) is 0 Å². The van der Waals surface area contributed by atoms with Gasteiger partial charge in [0.15, 0.2) is 0 Å². The summed E-state index contributed by atoms with van der Waals surface area (Å²) in [5.74, 6) is 0. The summed E-state index contributed by atoms with van der Waals surface area (Å²) in [6.45, 7) is 0. The highest BCUT2D eigenvalue weighted by atomic mass is 14.7. The van der Waals surface area contributed by atoms with Gasteiger partial charge in [-0.05, 0) is 34.4 Å². The van der Waals surface area contributed by atoms with Crippen LogP contribution in [0.25, 0.3) is 45.8 Å². The molecule has 0 aliphatic carbocycles. The van der Waals surface area contributed by atoms with Crippen molar-refractivity contribution in [1.29, 1.82) is 0 Å². The summed E-state index contributed by atoms with van der Waals surface area (Å²) in [4.78, 5) is 4.97. The lowest BCUT2D eigenvalue weighted by Crippen LogP contribution is -1.91. The molecule has 5 aromatic rings. The first-order valence-corrected chi connectivity index (χ1v) is 10.8. The second-order valence-electron chi connectivity index (χ2n) is 7.72. The SMILES string of the molecule is C(=C\c1ccc(-c2cc(-c3ccccc3)nc(-c3ccccc3)c2)cc1)/c1ccccc1. The van der Waals surface area contributed by atoms with Gasteiger partial charge in [-0.15, -0.1) is 0 Å². The molecule has 0 spiro atoms. The lowest BCUT2D eigenvalue weighted by Gasteiger charge is -2.10. The molecule has 4 aromatic carbocycles. The van der Waals surface area contributed by atoms with Crippen molar-refractivity contribution in [2.75, 3.05) is 0 Å². The molecule has 0 fully saturated rings. The summed E-state index contributed by atoms with van der Waals surface area (Å²) in [5, 5.41) is 0. The van der Waals surface area contributed by atoms with E-state index in [1.54, 1.807) is 0 Å². The van der Waals surface area contributed by atoms with Gasteiger partial charge in [0.1, 0.15) is 0 Å². The Morgan fingerprint density at radius 2 is 0.812 bits per heavy atom. The molecule has 0 saturated carbocycles. The van der Waals surface area contributed by atoms with Gasteiger partial charge in [0, 0.05) is 11.1 Å². The zero-order chi connectivity index (χ0) is 21.6. The third-order valence-electron chi connectivity index (χ3n) is 5.48. The normalized spacial score (nSPS) is 11.0. The van der Waals surface area contributed by atoms with E-state index >= 15 is 0 Å². The Balaban J connectivity index is 1.51. The first-order chi connectivity index (χ1) is 15.8. The number of rotatable bonds is 5. The zero-order valence-electron chi connectivity index (χ0n) is 17.7. The number of benzene rings is 4. The summed E-state index contributed by atoms with van der Waals surface area (Å²) in [6, 6.07) is 44.2. The van der Waals surface area contributed by atoms with Crippen LogP contribution in [0.2, 0.25) is 0 Å². The molecule has 0 atom stereocenters. The van der Waals surface area contributed by atoms with Gasteiger partial charge in [-0.1, -0.05) is 127 Å². The van der Waals surface area contributed by atoms with Crippen LogP contribution >= 0.6 is 0 Å². The van der Waals surface area contributed by atoms with Gasteiger partial charge < -0.3 is 0 Å². The van der Waals surface area contributed by atoms with Crippen LogP contribution in [0.4, 0.5) is 0 Å². The molecule has 0 amide bonds. The van der Waals surface area contributed by atoms with Crippen molar-refractivity contribution >= 4 is 12.2 Å². The van der Waals surface area contributed by atoms with Crippen molar-refractivity contribution < 1.29 is 0 Å². The molecule has 0 bridgehead atoms. The molecule has 0 aliphatic heterocycles. The van der Waals surface area contributed by atoms with Gasteiger partial charge in [0.25, 0.3) is 0 Å². The maximum atomic E-state index is 4.97. The molecule has 32 heavy (non-hydrogen) atoms. The Bertz CT molecular complexity index is 1260. The minimum absolute atomic E-state index is 0.981. The lowest BCUT2D eigenvalue weighted by molar-refractivity contribution is 1.32. The Morgan fingerprint density at radius 1 is 0.375 bits per heavy atom. The van der Waals surface area contributed by atoms with Crippen molar-refractivity contribution in [3.8, 4) is 33.6 Å². The van der Waals surface area contributed by atoms with Crippen molar-refractivity contribution in [3.05, 3.63) is 139 Å². The minimum Gasteiger partial charge on any atom is -0.248 e. The first kappa shape index (κ1) is 19.7. The molecule has 5 rings (SSSR count). The molecule has 0 N–H and O–H groups in total. The second-order valence-corrected chi connectivity index (χ2v) is 7.72. The standard InChI is InChI=1S/C31H23N/c1-4-10-24(11-5-1)16-17-25-18-20-26(21-19-25)29-22-30(27-12-6-2-7-13-27)32-31(23-29)28-14-8-3-9-15-28/h1-23H/b17-16+. The number of pyridine rings is 1. The lowest BCUT2D eigenvalue weighted by atomic mass is 9.99. The molecule has 0 radical (unpaired) electrons. The summed E-state index contributed by atoms with van der Waals surface area (Å²) in [6.07, 6.45) is 4.29. The van der Waals surface area contributed by atoms with Crippen molar-refractivity contribution in [3.63, 3.8) is 0 Å². The summed E-state index contributed by atoms with van der Waals surface area (Å²) in [5.41, 5.74) is 8.92. The molecule has 1 heteroatoms. The van der Waals surface area contributed by atoms with E-state index in [4.69, 9.17) is 4.98 Å². The average molecular weight is 410 g/mol. The van der Waals surface area contributed by atoms with Crippen LogP contribution in [0.15, 0.2) is 127 Å². The highest BCUT2D eigenvalue weighted by molar-refractivity contribution is 5.78. The molecule has 0 unspecified atom stereocenters. The number of nitrogens with zero attached hydrogens (tertiary/aromatic N) is 1. The highest BCUT2D eigenvalue weighted by Crippen LogP contribution is 2.30. The predicted octanol–water partition coefficient (Wildman–Crippen LogP) is 8.25. The first-order valence-electron chi connectivity index (χ1n) is 10.8. The maximum Gasteiger partial charge on any atom is 0.0715 e. The van der Waals surface area contributed by atoms with Crippen LogP contribution in [0, 0.1) is 0 Å². The van der Waals surface area contributed by atoms with Gasteiger partial charge >= 0.3 is 0 Å². The van der Waals surface area contributed by atoms with E-state index in [0.29, 0.717) is 0 Å². The Morgan fingerprint density at radius 3 is 1.31 bits per heavy atom. The van der Waals surface area contributed by atoms with Crippen LogP contribution in [-0.4, -0.2) is 4.98 Å². The summed E-state index contributed by atoms with van der Waals surface area (Å²) < 4.78 is 0. The summed E-state index contributed by atoms with van der Waals surface area (Å²) >= 11 is 0. The van der Waals surface area contributed by atoms with Gasteiger partial charge in [0.05, 0.1) is 11.4 Å². The fraction of sp³-hybridized carbons (Fsp3) is 0. The Labute approximate surface area is 189 Å². The van der Waals surface area contributed by atoms with Crippen molar-refractivity contribution in [2.45, 2.75) is 0 Å². The van der Waals surface area contributed by atoms with Gasteiger partial charge in [0.2, 0.25) is 0 Å². The van der Waals surface area contributed by atoms with E-state index < -0.39 is 0 Å². The molecular weight excluding hydrogens is 386 g/mol. The molecule has 1 nitrogen and oxygen atoms in total. The van der Waals surface area contributed by atoms with Crippen LogP contribution in [0.3, 0.4) is 0 Å². The number of hydrogen-bond acceptors (Lipinski definition) is 1. The number of aromatic nitrogens is 1. The molecule has 1 aromatic heterocycles. The average Bonchev–Trinajstić information content (AvgIpc) is 2.89. The van der Waals surface area contributed by atoms with Gasteiger partial charge in [-0.2, -0.15) is 0 Å². The predicted molar refractivity (Wildman–Crippen MR) is 136 cm³/mol. The van der Waals surface area contributed by atoms with E-state index in [1.165, 1.54) is 16.7 Å². The fourth-order valence-electron chi connectivity index (χ4n) is 3.75. The molecule has 152 valence electrons. The smallest absolute Gasteiger partial charge is 0.0715 e. The highest BCUT2D eigenvalue weighted by Gasteiger charge is 2.08. The Hall–Kier alpha value is -4.23. The second kappa shape index (κ2) is 9.28. The third kappa shape index (κ3) is 4.58. The maximum absolute atomic E-state index is 4.97. The monoisotopic (exact) mass is 409 g/mol. The van der Waals surface area contributed by atoms with E-state index in [2.05, 4.69) is 121 Å². The van der Waals surface area contributed by atoms with E-state index in [0.717, 1.165) is 28.1 Å². The topological polar surface area (TPSA) is 12.9 Å². The van der Waals surface area contributed by atoms with E-state index in [-0.39, 0.29) is 0 Å². The van der Waals surface area contributed by atoms with Crippen LogP contribution in [0.5, 0.6) is 0 Å². The van der Waals surface area contributed by atoms with Crippen LogP contribution in [0.1, 0.15) is 11.1 Å². The van der Waals surface area contributed by atoms with Crippen LogP contribution < -0.4 is 0 Å². The van der Waals surface area contributed by atoms with Crippen molar-refractivity contribution in [2.24, 2.45) is 0 Å². The fourth-order valence-corrected chi connectivity index (χ4v) is 3.75. The molecule has 0 saturated heterocycles. The van der Waals surface area contributed by atoms with E-state index in [1.807, 2.05) is 18.2 Å². The number of hydrogen-bond donors (Lipinski definition) is 0. The quantitative estimate of drug-likeness (QED) is 0.266. The largest absolute Gasteiger partial charge is 0.248 e. The minimum atomic E-state index is 0.981.